The van der Waals surface area contributed by atoms with E-state index < -0.39 is 29.7 Å². The molecule has 0 bridgehead atoms. The highest BCUT2D eigenvalue weighted by Crippen LogP contribution is 2.38. The Kier molecular flexibility index (Phi) is 6.09. The number of hydrogen-bond donors (Lipinski definition) is 1. The number of aromatic carboxylic acids is 1. The van der Waals surface area contributed by atoms with E-state index >= 15 is 0 Å². The van der Waals surface area contributed by atoms with Gasteiger partial charge in [-0.2, -0.15) is 0 Å². The highest BCUT2D eigenvalue weighted by molar-refractivity contribution is 7.12. The molecule has 1 aliphatic heterocycles. The molecule has 0 saturated heterocycles. The van der Waals surface area contributed by atoms with Crippen molar-refractivity contribution in [3.8, 4) is 11.5 Å². The van der Waals surface area contributed by atoms with Crippen molar-refractivity contribution in [2.75, 3.05) is 12.0 Å². The van der Waals surface area contributed by atoms with E-state index in [-0.39, 0.29) is 33.3 Å². The predicted octanol–water partition coefficient (Wildman–Crippen LogP) is 5.12. The zero-order valence-corrected chi connectivity index (χ0v) is 19.0. The molecule has 1 atom stereocenters. The Morgan fingerprint density at radius 2 is 2.00 bits per heavy atom. The summed E-state index contributed by atoms with van der Waals surface area (Å²) < 4.78 is 25.0. The first-order chi connectivity index (χ1) is 15.7. The van der Waals surface area contributed by atoms with Gasteiger partial charge in [0.05, 0.1) is 29.8 Å². The second-order valence-electron chi connectivity index (χ2n) is 7.24. The van der Waals surface area contributed by atoms with Gasteiger partial charge in [0.15, 0.2) is 0 Å². The second-order valence-corrected chi connectivity index (χ2v) is 8.53. The Hall–Kier alpha value is -3.43. The first-order valence-corrected chi connectivity index (χ1v) is 11.0. The smallest absolute Gasteiger partial charge is 0.346 e. The van der Waals surface area contributed by atoms with Gasteiger partial charge in [-0.1, -0.05) is 11.6 Å². The molecule has 1 unspecified atom stereocenters. The Balaban J connectivity index is 1.69. The summed E-state index contributed by atoms with van der Waals surface area (Å²) in [7, 11) is 1.46. The van der Waals surface area contributed by atoms with Crippen LogP contribution >= 0.6 is 22.9 Å². The number of anilines is 1. The number of carbonyl (C=O) groups is 3. The zero-order valence-electron chi connectivity index (χ0n) is 17.4. The number of carboxylic acids is 1. The van der Waals surface area contributed by atoms with E-state index in [4.69, 9.17) is 21.1 Å². The number of carbonyl (C=O) groups excluding carboxylic acids is 2. The molecule has 0 spiro atoms. The maximum absolute atomic E-state index is 13.8. The Morgan fingerprint density at radius 1 is 1.24 bits per heavy atom. The van der Waals surface area contributed by atoms with Crippen LogP contribution in [-0.4, -0.2) is 30.0 Å². The summed E-state index contributed by atoms with van der Waals surface area (Å²) in [4.78, 5) is 38.2. The van der Waals surface area contributed by atoms with Crippen molar-refractivity contribution in [3.63, 3.8) is 0 Å². The SMILES string of the molecule is COc1ccc(F)cc1C(C)Oc1ccc(Cl)c(N2C(=O)Cc3csc(C(=O)O)c3C2=O)c1. The van der Waals surface area contributed by atoms with Crippen LogP contribution in [0.2, 0.25) is 5.02 Å². The number of halogens is 2. The van der Waals surface area contributed by atoms with Crippen LogP contribution in [0.1, 0.15) is 44.2 Å². The summed E-state index contributed by atoms with van der Waals surface area (Å²) in [6, 6.07) is 8.48. The zero-order chi connectivity index (χ0) is 23.9. The molecule has 0 radical (unpaired) electrons. The van der Waals surface area contributed by atoms with Crippen LogP contribution < -0.4 is 14.4 Å². The van der Waals surface area contributed by atoms with E-state index in [9.17, 15) is 23.9 Å². The van der Waals surface area contributed by atoms with Crippen LogP contribution in [0.4, 0.5) is 10.1 Å². The maximum Gasteiger partial charge on any atom is 0.346 e. The summed E-state index contributed by atoms with van der Waals surface area (Å²) in [5.41, 5.74) is 0.884. The number of nitrogens with zero attached hydrogens (tertiary/aromatic N) is 1. The number of carboxylic acid groups (broad SMARTS) is 1. The van der Waals surface area contributed by atoms with E-state index in [0.717, 1.165) is 16.2 Å². The highest BCUT2D eigenvalue weighted by atomic mass is 35.5. The lowest BCUT2D eigenvalue weighted by molar-refractivity contribution is -0.117. The standard InChI is InChI=1S/C23H17ClFNO6S/c1-11(15-8-13(25)3-6-18(15)31-2)32-14-4-5-16(24)17(9-14)26-19(27)7-12-10-33-21(23(29)30)20(12)22(26)28/h3-6,8-11H,7H2,1-2H3,(H,29,30). The fraction of sp³-hybridized carbons (Fsp3) is 0.174. The van der Waals surface area contributed by atoms with Crippen molar-refractivity contribution < 1.29 is 33.4 Å². The Morgan fingerprint density at radius 3 is 2.70 bits per heavy atom. The molecule has 3 aromatic rings. The molecule has 4 rings (SSSR count). The molecule has 1 N–H and O–H groups in total. The third-order valence-corrected chi connectivity index (χ3v) is 6.51. The van der Waals surface area contributed by atoms with Crippen molar-refractivity contribution in [2.24, 2.45) is 0 Å². The number of rotatable bonds is 6. The van der Waals surface area contributed by atoms with Gasteiger partial charge >= 0.3 is 5.97 Å². The molecule has 33 heavy (non-hydrogen) atoms. The van der Waals surface area contributed by atoms with E-state index in [1.807, 2.05) is 0 Å². The first kappa shape index (κ1) is 22.8. The van der Waals surface area contributed by atoms with Gasteiger partial charge in [0.1, 0.15) is 28.3 Å². The van der Waals surface area contributed by atoms with Crippen molar-refractivity contribution in [1.82, 2.24) is 0 Å². The van der Waals surface area contributed by atoms with E-state index in [1.54, 1.807) is 13.0 Å². The van der Waals surface area contributed by atoms with Crippen LogP contribution in [0.3, 0.4) is 0 Å². The third kappa shape index (κ3) is 4.17. The molecule has 2 aromatic carbocycles. The molecule has 1 aliphatic rings. The highest BCUT2D eigenvalue weighted by Gasteiger charge is 2.37. The first-order valence-electron chi connectivity index (χ1n) is 9.71. The van der Waals surface area contributed by atoms with Crippen LogP contribution in [0.5, 0.6) is 11.5 Å². The second kappa shape index (κ2) is 8.84. The molecule has 2 amide bonds. The largest absolute Gasteiger partial charge is 0.496 e. The number of fused-ring (bicyclic) bond motifs is 1. The molecular formula is C23H17ClFNO6S. The van der Waals surface area contributed by atoms with Gasteiger partial charge < -0.3 is 14.6 Å². The molecule has 0 fully saturated rings. The normalized spacial score (nSPS) is 14.1. The monoisotopic (exact) mass is 489 g/mol. The number of amides is 2. The van der Waals surface area contributed by atoms with Crippen LogP contribution in [0, 0.1) is 5.82 Å². The van der Waals surface area contributed by atoms with Crippen LogP contribution in [0.15, 0.2) is 41.8 Å². The van der Waals surface area contributed by atoms with Gasteiger partial charge in [-0.05, 0) is 48.2 Å². The number of ether oxygens (including phenoxy) is 2. The molecular weight excluding hydrogens is 473 g/mol. The van der Waals surface area contributed by atoms with Crippen LogP contribution in [0.25, 0.3) is 0 Å². The van der Waals surface area contributed by atoms with Crippen molar-refractivity contribution >= 4 is 46.4 Å². The minimum absolute atomic E-state index is 0.0210. The molecule has 0 aliphatic carbocycles. The minimum atomic E-state index is -1.25. The topological polar surface area (TPSA) is 93.1 Å². The summed E-state index contributed by atoms with van der Waals surface area (Å²) in [5.74, 6) is -2.30. The average molecular weight is 490 g/mol. The molecule has 1 aromatic heterocycles. The predicted molar refractivity (Wildman–Crippen MR) is 120 cm³/mol. The van der Waals surface area contributed by atoms with E-state index in [2.05, 4.69) is 0 Å². The number of hydrogen-bond acceptors (Lipinski definition) is 6. The minimum Gasteiger partial charge on any atom is -0.496 e. The molecule has 7 nitrogen and oxygen atoms in total. The fourth-order valence-electron chi connectivity index (χ4n) is 3.65. The number of imide groups is 1. The summed E-state index contributed by atoms with van der Waals surface area (Å²) in [6.45, 7) is 1.69. The Labute approximate surface area is 196 Å². The summed E-state index contributed by atoms with van der Waals surface area (Å²) in [6.07, 6.45) is -0.775. The lowest BCUT2D eigenvalue weighted by atomic mass is 10.0. The fourth-order valence-corrected chi connectivity index (χ4v) is 4.75. The van der Waals surface area contributed by atoms with Gasteiger partial charge in [0, 0.05) is 11.6 Å². The van der Waals surface area contributed by atoms with E-state index in [1.165, 1.54) is 42.8 Å². The number of thiophene rings is 1. The third-order valence-electron chi connectivity index (χ3n) is 5.17. The van der Waals surface area contributed by atoms with Gasteiger partial charge in [-0.3, -0.25) is 9.59 Å². The molecule has 2 heterocycles. The van der Waals surface area contributed by atoms with Gasteiger partial charge in [-0.15, -0.1) is 11.3 Å². The average Bonchev–Trinajstić information content (AvgIpc) is 3.20. The molecule has 0 saturated carbocycles. The summed E-state index contributed by atoms with van der Waals surface area (Å²) in [5, 5.41) is 11.0. The van der Waals surface area contributed by atoms with Gasteiger partial charge in [-0.25, -0.2) is 14.1 Å². The van der Waals surface area contributed by atoms with Crippen LogP contribution in [-0.2, 0) is 11.2 Å². The number of methoxy groups -OCH3 is 1. The molecule has 170 valence electrons. The number of benzene rings is 2. The van der Waals surface area contributed by atoms with Crippen molar-refractivity contribution in [1.29, 1.82) is 0 Å². The van der Waals surface area contributed by atoms with E-state index in [0.29, 0.717) is 16.9 Å². The van der Waals surface area contributed by atoms with Crippen molar-refractivity contribution in [3.05, 3.63) is 74.2 Å². The van der Waals surface area contributed by atoms with Gasteiger partial charge in [0.2, 0.25) is 5.91 Å². The lowest BCUT2D eigenvalue weighted by Crippen LogP contribution is -2.42. The molecule has 10 heteroatoms. The summed E-state index contributed by atoms with van der Waals surface area (Å²) >= 11 is 7.20. The maximum atomic E-state index is 13.8. The quantitative estimate of drug-likeness (QED) is 0.483. The van der Waals surface area contributed by atoms with Gasteiger partial charge in [0.25, 0.3) is 5.91 Å². The van der Waals surface area contributed by atoms with Crippen molar-refractivity contribution in [2.45, 2.75) is 19.4 Å². The lowest BCUT2D eigenvalue weighted by Gasteiger charge is -2.27. The Bertz CT molecular complexity index is 1290.